The van der Waals surface area contributed by atoms with E-state index < -0.39 is 6.43 Å². The standard InChI is InChI=1S/C11H13F2N/c12-11(13)7-14-6-9-5-8-3-1-2-4-10(8)9/h1-4,9,11,14H,5-7H2. The number of hydrogen-bond donors (Lipinski definition) is 1. The molecule has 1 unspecified atom stereocenters. The van der Waals surface area contributed by atoms with Crippen molar-refractivity contribution in [1.82, 2.24) is 5.32 Å². The molecule has 1 N–H and O–H groups in total. The number of nitrogens with one attached hydrogen (secondary N) is 1. The van der Waals surface area contributed by atoms with E-state index in [1.54, 1.807) is 0 Å². The number of fused-ring (bicyclic) bond motifs is 1. The van der Waals surface area contributed by atoms with Crippen LogP contribution in [0.2, 0.25) is 0 Å². The predicted molar refractivity (Wildman–Crippen MR) is 51.8 cm³/mol. The van der Waals surface area contributed by atoms with Gasteiger partial charge in [0.25, 0.3) is 6.43 Å². The minimum atomic E-state index is -2.25. The Morgan fingerprint density at radius 3 is 2.86 bits per heavy atom. The van der Waals surface area contributed by atoms with E-state index in [4.69, 9.17) is 0 Å². The van der Waals surface area contributed by atoms with E-state index in [0.29, 0.717) is 12.5 Å². The zero-order valence-electron chi connectivity index (χ0n) is 7.84. The third kappa shape index (κ3) is 1.93. The highest BCUT2D eigenvalue weighted by molar-refractivity contribution is 5.40. The van der Waals surface area contributed by atoms with Gasteiger partial charge in [-0.2, -0.15) is 0 Å². The first-order valence-electron chi connectivity index (χ1n) is 4.84. The Bertz CT molecular complexity index is 312. The molecule has 0 bridgehead atoms. The molecule has 0 aliphatic heterocycles. The quantitative estimate of drug-likeness (QED) is 0.780. The molecule has 1 aromatic carbocycles. The zero-order chi connectivity index (χ0) is 9.97. The fourth-order valence-electron chi connectivity index (χ4n) is 1.91. The van der Waals surface area contributed by atoms with Gasteiger partial charge in [-0.25, -0.2) is 8.78 Å². The Balaban J connectivity index is 1.81. The maximum absolute atomic E-state index is 11.8. The second-order valence-electron chi connectivity index (χ2n) is 3.65. The zero-order valence-corrected chi connectivity index (χ0v) is 7.84. The molecule has 1 aliphatic carbocycles. The molecule has 0 amide bonds. The highest BCUT2D eigenvalue weighted by Crippen LogP contribution is 2.33. The molecule has 1 aliphatic rings. The van der Waals surface area contributed by atoms with Crippen LogP contribution < -0.4 is 5.32 Å². The van der Waals surface area contributed by atoms with E-state index in [1.165, 1.54) is 11.1 Å². The summed E-state index contributed by atoms with van der Waals surface area (Å²) in [4.78, 5) is 0. The van der Waals surface area contributed by atoms with Crippen LogP contribution in [0.1, 0.15) is 17.0 Å². The van der Waals surface area contributed by atoms with Crippen LogP contribution >= 0.6 is 0 Å². The van der Waals surface area contributed by atoms with Crippen LogP contribution in [0.4, 0.5) is 8.78 Å². The first-order valence-corrected chi connectivity index (χ1v) is 4.84. The average Bonchev–Trinajstić information content (AvgIpc) is 2.12. The van der Waals surface area contributed by atoms with Gasteiger partial charge >= 0.3 is 0 Å². The first kappa shape index (κ1) is 9.59. The molecular weight excluding hydrogens is 184 g/mol. The molecule has 0 aromatic heterocycles. The summed E-state index contributed by atoms with van der Waals surface area (Å²) in [5.41, 5.74) is 2.67. The SMILES string of the molecule is FC(F)CNCC1Cc2ccccc21. The van der Waals surface area contributed by atoms with Gasteiger partial charge < -0.3 is 5.32 Å². The van der Waals surface area contributed by atoms with Crippen molar-refractivity contribution in [2.75, 3.05) is 13.1 Å². The van der Waals surface area contributed by atoms with Crippen molar-refractivity contribution in [1.29, 1.82) is 0 Å². The van der Waals surface area contributed by atoms with Crippen molar-refractivity contribution < 1.29 is 8.78 Å². The Kier molecular flexibility index (Phi) is 2.77. The van der Waals surface area contributed by atoms with Crippen LogP contribution in [-0.4, -0.2) is 19.5 Å². The monoisotopic (exact) mass is 197 g/mol. The summed E-state index contributed by atoms with van der Waals surface area (Å²) in [5, 5.41) is 2.78. The van der Waals surface area contributed by atoms with Crippen molar-refractivity contribution in [3.8, 4) is 0 Å². The first-order chi connectivity index (χ1) is 6.77. The maximum atomic E-state index is 11.8. The van der Waals surface area contributed by atoms with Crippen LogP contribution in [-0.2, 0) is 6.42 Å². The molecular formula is C11H13F2N. The largest absolute Gasteiger partial charge is 0.311 e. The summed E-state index contributed by atoms with van der Waals surface area (Å²) in [7, 11) is 0. The number of benzene rings is 1. The summed E-state index contributed by atoms with van der Waals surface area (Å²) in [5.74, 6) is 0.435. The molecule has 14 heavy (non-hydrogen) atoms. The third-order valence-electron chi connectivity index (χ3n) is 2.65. The lowest BCUT2D eigenvalue weighted by atomic mass is 9.78. The molecule has 2 rings (SSSR count). The molecule has 0 saturated carbocycles. The van der Waals surface area contributed by atoms with Gasteiger partial charge in [0.1, 0.15) is 0 Å². The lowest BCUT2D eigenvalue weighted by Crippen LogP contribution is -2.31. The van der Waals surface area contributed by atoms with Crippen molar-refractivity contribution in [2.24, 2.45) is 0 Å². The molecule has 0 fully saturated rings. The summed E-state index contributed by atoms with van der Waals surface area (Å²) in [6.07, 6.45) is -1.22. The Hall–Kier alpha value is -0.960. The van der Waals surface area contributed by atoms with Gasteiger partial charge in [-0.1, -0.05) is 24.3 Å². The van der Waals surface area contributed by atoms with E-state index in [1.807, 2.05) is 12.1 Å². The van der Waals surface area contributed by atoms with Gasteiger partial charge in [0.2, 0.25) is 0 Å². The molecule has 0 heterocycles. The highest BCUT2D eigenvalue weighted by atomic mass is 19.3. The van der Waals surface area contributed by atoms with E-state index in [-0.39, 0.29) is 6.54 Å². The fourth-order valence-corrected chi connectivity index (χ4v) is 1.91. The normalized spacial score (nSPS) is 19.2. The van der Waals surface area contributed by atoms with Crippen LogP contribution in [0.25, 0.3) is 0 Å². The van der Waals surface area contributed by atoms with E-state index >= 15 is 0 Å². The molecule has 0 radical (unpaired) electrons. The van der Waals surface area contributed by atoms with Gasteiger partial charge in [0.15, 0.2) is 0 Å². The molecule has 1 atom stereocenters. The van der Waals surface area contributed by atoms with Crippen LogP contribution in [0.3, 0.4) is 0 Å². The van der Waals surface area contributed by atoms with Gasteiger partial charge in [0.05, 0.1) is 6.54 Å². The lowest BCUT2D eigenvalue weighted by molar-refractivity contribution is 0.145. The maximum Gasteiger partial charge on any atom is 0.250 e. The van der Waals surface area contributed by atoms with Gasteiger partial charge in [-0.3, -0.25) is 0 Å². The number of alkyl halides is 2. The van der Waals surface area contributed by atoms with E-state index in [0.717, 1.165) is 6.42 Å². The molecule has 0 spiro atoms. The summed E-state index contributed by atoms with van der Waals surface area (Å²) in [6, 6.07) is 8.19. The Morgan fingerprint density at radius 2 is 2.14 bits per heavy atom. The molecule has 3 heteroatoms. The minimum absolute atomic E-state index is 0.196. The second-order valence-corrected chi connectivity index (χ2v) is 3.65. The average molecular weight is 197 g/mol. The van der Waals surface area contributed by atoms with Crippen molar-refractivity contribution in [3.63, 3.8) is 0 Å². The summed E-state index contributed by atoms with van der Waals surface area (Å²) >= 11 is 0. The van der Waals surface area contributed by atoms with Crippen LogP contribution in [0, 0.1) is 0 Å². The van der Waals surface area contributed by atoms with Crippen molar-refractivity contribution >= 4 is 0 Å². The number of rotatable bonds is 4. The molecule has 1 aromatic rings. The predicted octanol–water partition coefficient (Wildman–Crippen LogP) is 2.18. The fraction of sp³-hybridized carbons (Fsp3) is 0.455. The lowest BCUT2D eigenvalue weighted by Gasteiger charge is -2.30. The van der Waals surface area contributed by atoms with E-state index in [9.17, 15) is 8.78 Å². The highest BCUT2D eigenvalue weighted by Gasteiger charge is 2.24. The minimum Gasteiger partial charge on any atom is -0.311 e. The van der Waals surface area contributed by atoms with Crippen LogP contribution in [0.15, 0.2) is 24.3 Å². The van der Waals surface area contributed by atoms with Crippen molar-refractivity contribution in [3.05, 3.63) is 35.4 Å². The topological polar surface area (TPSA) is 12.0 Å². The third-order valence-corrected chi connectivity index (χ3v) is 2.65. The van der Waals surface area contributed by atoms with Crippen molar-refractivity contribution in [2.45, 2.75) is 18.8 Å². The molecule has 0 saturated heterocycles. The second kappa shape index (κ2) is 4.05. The Labute approximate surface area is 82.1 Å². The smallest absolute Gasteiger partial charge is 0.250 e. The number of halogens is 2. The Morgan fingerprint density at radius 1 is 1.36 bits per heavy atom. The molecule has 76 valence electrons. The van der Waals surface area contributed by atoms with E-state index in [2.05, 4.69) is 17.4 Å². The van der Waals surface area contributed by atoms with Gasteiger partial charge in [-0.15, -0.1) is 0 Å². The summed E-state index contributed by atoms with van der Waals surface area (Å²) < 4.78 is 23.7. The van der Waals surface area contributed by atoms with Crippen LogP contribution in [0.5, 0.6) is 0 Å². The molecule has 1 nitrogen and oxygen atoms in total. The number of hydrogen-bond acceptors (Lipinski definition) is 1. The van der Waals surface area contributed by atoms with Gasteiger partial charge in [0, 0.05) is 12.5 Å². The van der Waals surface area contributed by atoms with Gasteiger partial charge in [-0.05, 0) is 17.5 Å². The summed E-state index contributed by atoms with van der Waals surface area (Å²) in [6.45, 7) is 0.472.